The fourth-order valence-electron chi connectivity index (χ4n) is 2.43. The Morgan fingerprint density at radius 3 is 2.75 bits per heavy atom. The number of thiazole rings is 1. The predicted octanol–water partition coefficient (Wildman–Crippen LogP) is 3.34. The highest BCUT2D eigenvalue weighted by atomic mass is 35.5. The maximum atomic E-state index is 12.2. The number of halogens is 1. The van der Waals surface area contributed by atoms with Crippen LogP contribution >= 0.6 is 22.9 Å². The summed E-state index contributed by atoms with van der Waals surface area (Å²) in [6.07, 6.45) is 0.207. The molecule has 5 nitrogen and oxygen atoms in total. The van der Waals surface area contributed by atoms with Gasteiger partial charge in [0.25, 0.3) is 0 Å². The van der Waals surface area contributed by atoms with Crippen LogP contribution in [0.25, 0.3) is 0 Å². The molecule has 1 amide bonds. The molecule has 0 bridgehead atoms. The van der Waals surface area contributed by atoms with Gasteiger partial charge in [0, 0.05) is 34.6 Å². The van der Waals surface area contributed by atoms with E-state index in [4.69, 9.17) is 21.1 Å². The number of carbonyl (C=O) groups excluding carboxylic acids is 1. The molecule has 2 heterocycles. The number of hydrogen-bond donors (Lipinski definition) is 1. The summed E-state index contributed by atoms with van der Waals surface area (Å²) < 4.78 is 11.0. The minimum absolute atomic E-state index is 0.0753. The van der Waals surface area contributed by atoms with Crippen LogP contribution in [0.15, 0.2) is 17.5 Å². The second kappa shape index (κ2) is 7.40. The van der Waals surface area contributed by atoms with E-state index in [0.717, 1.165) is 16.3 Å². The van der Waals surface area contributed by atoms with E-state index in [1.54, 1.807) is 23.5 Å². The number of aryl methyl sites for hydroxylation is 1. The maximum Gasteiger partial charge on any atom is 0.224 e. The molecular weight excluding hydrogens is 348 g/mol. The Morgan fingerprint density at radius 1 is 1.38 bits per heavy atom. The Kier molecular flexibility index (Phi) is 5.26. The third-order valence-electron chi connectivity index (χ3n) is 3.73. The van der Waals surface area contributed by atoms with Crippen LogP contribution in [0.4, 0.5) is 0 Å². The summed E-state index contributed by atoms with van der Waals surface area (Å²) in [5.41, 5.74) is 1.74. The number of rotatable bonds is 5. The first-order chi connectivity index (χ1) is 11.5. The summed E-state index contributed by atoms with van der Waals surface area (Å²) in [5, 5.41) is 6.50. The van der Waals surface area contributed by atoms with Crippen molar-refractivity contribution in [1.29, 1.82) is 0 Å². The summed E-state index contributed by atoms with van der Waals surface area (Å²) in [6.45, 7) is 5.58. The van der Waals surface area contributed by atoms with Crippen molar-refractivity contribution in [1.82, 2.24) is 10.3 Å². The zero-order valence-electron chi connectivity index (χ0n) is 13.6. The van der Waals surface area contributed by atoms with E-state index < -0.39 is 0 Å². The van der Waals surface area contributed by atoms with Crippen molar-refractivity contribution in [2.45, 2.75) is 26.2 Å². The lowest BCUT2D eigenvalue weighted by molar-refractivity contribution is -0.120. The largest absolute Gasteiger partial charge is 0.486 e. The topological polar surface area (TPSA) is 60.5 Å². The van der Waals surface area contributed by atoms with Crippen molar-refractivity contribution in [3.63, 3.8) is 0 Å². The van der Waals surface area contributed by atoms with E-state index in [-0.39, 0.29) is 18.2 Å². The van der Waals surface area contributed by atoms with Crippen molar-refractivity contribution in [3.05, 3.63) is 38.8 Å². The molecule has 128 valence electrons. The molecule has 0 saturated heterocycles. The van der Waals surface area contributed by atoms with Crippen molar-refractivity contribution in [2.75, 3.05) is 19.8 Å². The third-order valence-corrected chi connectivity index (χ3v) is 5.27. The van der Waals surface area contributed by atoms with Crippen molar-refractivity contribution < 1.29 is 14.3 Å². The summed E-state index contributed by atoms with van der Waals surface area (Å²) in [6, 6.07) is 3.49. The van der Waals surface area contributed by atoms with Crippen LogP contribution in [0.5, 0.6) is 11.5 Å². The van der Waals surface area contributed by atoms with Gasteiger partial charge in [-0.3, -0.25) is 4.79 Å². The van der Waals surface area contributed by atoms with Crippen molar-refractivity contribution in [2.24, 2.45) is 0 Å². The van der Waals surface area contributed by atoms with E-state index in [1.165, 1.54) is 0 Å². The molecule has 1 atom stereocenters. The van der Waals surface area contributed by atoms with Crippen LogP contribution in [-0.4, -0.2) is 30.6 Å². The number of aromatic nitrogens is 1. The molecule has 1 N–H and O–H groups in total. The van der Waals surface area contributed by atoms with Crippen molar-refractivity contribution >= 4 is 28.8 Å². The Labute approximate surface area is 150 Å². The second-order valence-corrected chi connectivity index (χ2v) is 7.09. The summed E-state index contributed by atoms with van der Waals surface area (Å²) in [5.74, 6) is 1.38. The van der Waals surface area contributed by atoms with E-state index in [2.05, 4.69) is 17.2 Å². The molecule has 0 spiro atoms. The van der Waals surface area contributed by atoms with Crippen LogP contribution in [-0.2, 0) is 11.2 Å². The first-order valence-electron chi connectivity index (χ1n) is 7.79. The first kappa shape index (κ1) is 17.0. The fraction of sp³-hybridized carbons (Fsp3) is 0.412. The zero-order chi connectivity index (χ0) is 17.1. The van der Waals surface area contributed by atoms with E-state index in [9.17, 15) is 4.79 Å². The minimum atomic E-state index is -0.0753. The SMILES string of the molecule is Cc1csc(C(C)CNC(=O)Cc2cc3c(cc2Cl)OCCO3)n1. The molecule has 24 heavy (non-hydrogen) atoms. The molecule has 0 fully saturated rings. The number of benzene rings is 1. The standard InChI is InChI=1S/C17H19ClN2O3S/c1-10(17-20-11(2)9-24-17)8-19-16(21)6-12-5-14-15(7-13(12)18)23-4-3-22-14/h5,7,9-10H,3-4,6,8H2,1-2H3,(H,19,21). The lowest BCUT2D eigenvalue weighted by Crippen LogP contribution is -2.29. The van der Waals surface area contributed by atoms with Gasteiger partial charge >= 0.3 is 0 Å². The molecule has 7 heteroatoms. The highest BCUT2D eigenvalue weighted by Crippen LogP contribution is 2.35. The number of nitrogens with zero attached hydrogens (tertiary/aromatic N) is 1. The molecule has 1 aliphatic heterocycles. The normalized spacial score (nSPS) is 14.3. The molecular formula is C17H19ClN2O3S. The van der Waals surface area contributed by atoms with Gasteiger partial charge in [0.05, 0.1) is 11.4 Å². The number of amides is 1. The van der Waals surface area contributed by atoms with E-state index in [0.29, 0.717) is 36.3 Å². The fourth-order valence-corrected chi connectivity index (χ4v) is 3.51. The number of ether oxygens (including phenoxy) is 2. The summed E-state index contributed by atoms with van der Waals surface area (Å²) >= 11 is 7.86. The molecule has 3 rings (SSSR count). The summed E-state index contributed by atoms with van der Waals surface area (Å²) in [7, 11) is 0. The molecule has 1 aliphatic rings. The van der Waals surface area contributed by atoms with Gasteiger partial charge in [-0.05, 0) is 18.6 Å². The van der Waals surface area contributed by atoms with Crippen LogP contribution in [0.3, 0.4) is 0 Å². The first-order valence-corrected chi connectivity index (χ1v) is 9.05. The number of carbonyl (C=O) groups is 1. The molecule has 2 aromatic rings. The lowest BCUT2D eigenvalue weighted by atomic mass is 10.1. The summed E-state index contributed by atoms with van der Waals surface area (Å²) in [4.78, 5) is 16.7. The highest BCUT2D eigenvalue weighted by molar-refractivity contribution is 7.09. The van der Waals surface area contributed by atoms with Crippen LogP contribution in [0.1, 0.15) is 29.1 Å². The highest BCUT2D eigenvalue weighted by Gasteiger charge is 2.17. The van der Waals surface area contributed by atoms with Crippen molar-refractivity contribution in [3.8, 4) is 11.5 Å². The molecule has 0 radical (unpaired) electrons. The van der Waals surface area contributed by atoms with Gasteiger partial charge in [-0.25, -0.2) is 4.98 Å². The van der Waals surface area contributed by atoms with Crippen LogP contribution < -0.4 is 14.8 Å². The number of hydrogen-bond acceptors (Lipinski definition) is 5. The van der Waals surface area contributed by atoms with Gasteiger partial charge in [-0.2, -0.15) is 0 Å². The van der Waals surface area contributed by atoms with Gasteiger partial charge in [0.15, 0.2) is 11.5 Å². The predicted molar refractivity (Wildman–Crippen MR) is 94.4 cm³/mol. The number of nitrogens with one attached hydrogen (secondary N) is 1. The van der Waals surface area contributed by atoms with E-state index >= 15 is 0 Å². The Bertz CT molecular complexity index is 747. The van der Waals surface area contributed by atoms with Crippen LogP contribution in [0, 0.1) is 6.92 Å². The second-order valence-electron chi connectivity index (χ2n) is 5.80. The Balaban J connectivity index is 1.58. The maximum absolute atomic E-state index is 12.2. The Morgan fingerprint density at radius 2 is 2.08 bits per heavy atom. The monoisotopic (exact) mass is 366 g/mol. The number of fused-ring (bicyclic) bond motifs is 1. The molecule has 0 aliphatic carbocycles. The lowest BCUT2D eigenvalue weighted by Gasteiger charge is -2.19. The third kappa shape index (κ3) is 3.99. The van der Waals surface area contributed by atoms with Gasteiger partial charge in [0.2, 0.25) is 5.91 Å². The molecule has 0 saturated carbocycles. The molecule has 1 unspecified atom stereocenters. The minimum Gasteiger partial charge on any atom is -0.486 e. The van der Waals surface area contributed by atoms with Gasteiger partial charge < -0.3 is 14.8 Å². The molecule has 1 aromatic carbocycles. The zero-order valence-corrected chi connectivity index (χ0v) is 15.2. The average Bonchev–Trinajstić information content (AvgIpc) is 3.00. The molecule has 1 aromatic heterocycles. The Hall–Kier alpha value is -1.79. The average molecular weight is 367 g/mol. The van der Waals surface area contributed by atoms with Gasteiger partial charge in [-0.15, -0.1) is 11.3 Å². The quantitative estimate of drug-likeness (QED) is 0.881. The van der Waals surface area contributed by atoms with Gasteiger partial charge in [0.1, 0.15) is 13.2 Å². The smallest absolute Gasteiger partial charge is 0.224 e. The van der Waals surface area contributed by atoms with Gasteiger partial charge in [-0.1, -0.05) is 18.5 Å². The van der Waals surface area contributed by atoms with Crippen LogP contribution in [0.2, 0.25) is 5.02 Å². The van der Waals surface area contributed by atoms with E-state index in [1.807, 2.05) is 12.3 Å².